The van der Waals surface area contributed by atoms with Crippen molar-refractivity contribution < 1.29 is 23.9 Å². The summed E-state index contributed by atoms with van der Waals surface area (Å²) < 4.78 is 10.9. The van der Waals surface area contributed by atoms with Gasteiger partial charge in [0.1, 0.15) is 5.60 Å². The van der Waals surface area contributed by atoms with Gasteiger partial charge in [0, 0.05) is 27.1 Å². The summed E-state index contributed by atoms with van der Waals surface area (Å²) in [5, 5.41) is 1.25. The van der Waals surface area contributed by atoms with Gasteiger partial charge < -0.3 is 14.4 Å². The molecule has 0 radical (unpaired) electrons. The molecule has 0 bridgehead atoms. The lowest BCUT2D eigenvalue weighted by Gasteiger charge is -2.40. The summed E-state index contributed by atoms with van der Waals surface area (Å²) >= 11 is 0. The van der Waals surface area contributed by atoms with Gasteiger partial charge in [-0.25, -0.2) is 9.86 Å². The van der Waals surface area contributed by atoms with Crippen LogP contribution < -0.4 is 0 Å². The number of hydrogen-bond acceptors (Lipinski definition) is 5. The van der Waals surface area contributed by atoms with Gasteiger partial charge in [-0.15, -0.1) is 0 Å². The van der Waals surface area contributed by atoms with Gasteiger partial charge in [0.15, 0.2) is 0 Å². The number of hydroxylamine groups is 2. The number of ether oxygens (including phenoxy) is 2. The molecule has 2 amide bonds. The van der Waals surface area contributed by atoms with E-state index in [4.69, 9.17) is 14.3 Å². The topological polar surface area (TPSA) is 68.3 Å². The molecule has 7 heteroatoms. The second-order valence-electron chi connectivity index (χ2n) is 6.96. The maximum absolute atomic E-state index is 12.2. The number of methoxy groups -OCH3 is 1. The molecule has 1 aliphatic carbocycles. The average Bonchev–Trinajstić information content (AvgIpc) is 2.50. The van der Waals surface area contributed by atoms with E-state index in [-0.39, 0.29) is 30.1 Å². The highest BCUT2D eigenvalue weighted by Crippen LogP contribution is 2.31. The fraction of sp³-hybridized carbons (Fsp3) is 0.875. The Kier molecular flexibility index (Phi) is 6.83. The van der Waals surface area contributed by atoms with E-state index in [1.807, 2.05) is 20.8 Å². The fourth-order valence-corrected chi connectivity index (χ4v) is 2.85. The lowest BCUT2D eigenvalue weighted by atomic mass is 9.82. The molecule has 0 spiro atoms. The Balaban J connectivity index is 2.73. The molecule has 23 heavy (non-hydrogen) atoms. The van der Waals surface area contributed by atoms with Crippen molar-refractivity contribution in [2.45, 2.75) is 57.8 Å². The second kappa shape index (κ2) is 7.97. The largest absolute Gasteiger partial charge is 0.444 e. The second-order valence-corrected chi connectivity index (χ2v) is 6.96. The summed E-state index contributed by atoms with van der Waals surface area (Å²) in [6.07, 6.45) is 1.34. The molecule has 3 atom stereocenters. The summed E-state index contributed by atoms with van der Waals surface area (Å²) in [6.45, 7) is 5.51. The van der Waals surface area contributed by atoms with Crippen LogP contribution in [-0.2, 0) is 19.1 Å². The summed E-state index contributed by atoms with van der Waals surface area (Å²) in [7, 11) is 6.39. The first-order valence-electron chi connectivity index (χ1n) is 7.91. The maximum Gasteiger partial charge on any atom is 0.410 e. The molecular formula is C16H30N2O5. The van der Waals surface area contributed by atoms with Gasteiger partial charge in [-0.05, 0) is 40.0 Å². The first-order chi connectivity index (χ1) is 10.6. The molecule has 0 unspecified atom stereocenters. The van der Waals surface area contributed by atoms with E-state index >= 15 is 0 Å². The predicted octanol–water partition coefficient (Wildman–Crippen LogP) is 2.06. The summed E-state index contributed by atoms with van der Waals surface area (Å²) in [6, 6.07) is -0.105. The monoisotopic (exact) mass is 330 g/mol. The van der Waals surface area contributed by atoms with Crippen molar-refractivity contribution in [1.29, 1.82) is 0 Å². The highest BCUT2D eigenvalue weighted by Gasteiger charge is 2.39. The van der Waals surface area contributed by atoms with E-state index in [1.165, 1.54) is 12.2 Å². The zero-order valence-corrected chi connectivity index (χ0v) is 15.3. The van der Waals surface area contributed by atoms with Crippen LogP contribution >= 0.6 is 0 Å². The van der Waals surface area contributed by atoms with E-state index < -0.39 is 5.60 Å². The van der Waals surface area contributed by atoms with Gasteiger partial charge in [-0.1, -0.05) is 0 Å². The molecule has 0 aliphatic heterocycles. The van der Waals surface area contributed by atoms with Crippen molar-refractivity contribution >= 4 is 12.0 Å². The van der Waals surface area contributed by atoms with Crippen molar-refractivity contribution in [2.75, 3.05) is 28.3 Å². The SMILES string of the molecule is CO[C@@H]1C[C@@H](C(=O)N(C)OC)CC[C@H]1N(C)C(=O)OC(C)(C)C. The minimum absolute atomic E-state index is 0.0621. The highest BCUT2D eigenvalue weighted by atomic mass is 16.7. The van der Waals surface area contributed by atoms with Crippen LogP contribution in [0.1, 0.15) is 40.0 Å². The van der Waals surface area contributed by atoms with Crippen LogP contribution in [0, 0.1) is 5.92 Å². The van der Waals surface area contributed by atoms with Gasteiger partial charge in [-0.3, -0.25) is 9.63 Å². The minimum Gasteiger partial charge on any atom is -0.444 e. The third kappa shape index (κ3) is 5.35. The van der Waals surface area contributed by atoms with Gasteiger partial charge in [0.2, 0.25) is 5.91 Å². The first kappa shape index (κ1) is 19.7. The zero-order valence-electron chi connectivity index (χ0n) is 15.3. The van der Waals surface area contributed by atoms with Crippen molar-refractivity contribution in [3.05, 3.63) is 0 Å². The van der Waals surface area contributed by atoms with Crippen LogP contribution in [-0.4, -0.2) is 68.0 Å². The Bertz CT molecular complexity index is 421. The number of rotatable bonds is 4. The van der Waals surface area contributed by atoms with Crippen molar-refractivity contribution in [3.63, 3.8) is 0 Å². The van der Waals surface area contributed by atoms with Crippen LogP contribution in [0.15, 0.2) is 0 Å². The summed E-state index contributed by atoms with van der Waals surface area (Å²) in [4.78, 5) is 31.0. The maximum atomic E-state index is 12.2. The molecule has 7 nitrogen and oxygen atoms in total. The lowest BCUT2D eigenvalue weighted by Crippen LogP contribution is -2.51. The molecule has 0 heterocycles. The van der Waals surface area contributed by atoms with Gasteiger partial charge in [-0.2, -0.15) is 0 Å². The number of likely N-dealkylation sites (N-methyl/N-ethyl adjacent to an activating group) is 1. The predicted molar refractivity (Wildman–Crippen MR) is 85.7 cm³/mol. The fourth-order valence-electron chi connectivity index (χ4n) is 2.85. The normalized spacial score (nSPS) is 24.9. The quantitative estimate of drug-likeness (QED) is 0.738. The lowest BCUT2D eigenvalue weighted by molar-refractivity contribution is -0.176. The minimum atomic E-state index is -0.539. The number of amides is 2. The van der Waals surface area contributed by atoms with E-state index in [2.05, 4.69) is 0 Å². The third-order valence-electron chi connectivity index (χ3n) is 4.17. The Hall–Kier alpha value is -1.34. The number of nitrogens with zero attached hydrogens (tertiary/aromatic N) is 2. The van der Waals surface area contributed by atoms with E-state index in [0.29, 0.717) is 19.3 Å². The van der Waals surface area contributed by atoms with Gasteiger partial charge in [0.25, 0.3) is 0 Å². The van der Waals surface area contributed by atoms with Crippen LogP contribution in [0.4, 0.5) is 4.79 Å². The molecule has 1 aliphatic rings. The first-order valence-corrected chi connectivity index (χ1v) is 7.91. The molecule has 0 aromatic heterocycles. The number of carbonyl (C=O) groups is 2. The highest BCUT2D eigenvalue weighted by molar-refractivity contribution is 5.77. The van der Waals surface area contributed by atoms with Gasteiger partial charge >= 0.3 is 6.09 Å². The molecule has 0 aromatic rings. The molecule has 0 saturated heterocycles. The number of carbonyl (C=O) groups excluding carboxylic acids is 2. The van der Waals surface area contributed by atoms with E-state index in [1.54, 1.807) is 26.1 Å². The Morgan fingerprint density at radius 1 is 1.09 bits per heavy atom. The van der Waals surface area contributed by atoms with Crippen LogP contribution in [0.25, 0.3) is 0 Å². The standard InChI is InChI=1S/C16H30N2O5/c1-16(2,3)23-15(20)17(4)12-9-8-11(10-13(12)21-6)14(19)18(5)22-7/h11-13H,8-10H2,1-7H3/t11-,12+,13+/m0/s1. The van der Waals surface area contributed by atoms with Crippen molar-refractivity contribution in [2.24, 2.45) is 5.92 Å². The molecule has 1 rings (SSSR count). The van der Waals surface area contributed by atoms with Gasteiger partial charge in [0.05, 0.1) is 19.3 Å². The number of hydrogen-bond donors (Lipinski definition) is 0. The molecule has 0 aromatic carbocycles. The molecule has 1 fully saturated rings. The molecule has 1 saturated carbocycles. The van der Waals surface area contributed by atoms with Crippen molar-refractivity contribution in [1.82, 2.24) is 9.96 Å². The van der Waals surface area contributed by atoms with E-state index in [0.717, 1.165) is 0 Å². The summed E-state index contributed by atoms with van der Waals surface area (Å²) in [5.74, 6) is -0.221. The molecule has 134 valence electrons. The van der Waals surface area contributed by atoms with Crippen LogP contribution in [0.2, 0.25) is 0 Å². The smallest absolute Gasteiger partial charge is 0.410 e. The summed E-state index contributed by atoms with van der Waals surface area (Å²) in [5.41, 5.74) is -0.539. The zero-order chi connectivity index (χ0) is 17.8. The Labute approximate surface area is 138 Å². The molecular weight excluding hydrogens is 300 g/mol. The van der Waals surface area contributed by atoms with Crippen LogP contribution in [0.5, 0.6) is 0 Å². The van der Waals surface area contributed by atoms with E-state index in [9.17, 15) is 9.59 Å². The molecule has 0 N–H and O–H groups in total. The average molecular weight is 330 g/mol. The Morgan fingerprint density at radius 2 is 1.70 bits per heavy atom. The van der Waals surface area contributed by atoms with Crippen LogP contribution in [0.3, 0.4) is 0 Å². The Morgan fingerprint density at radius 3 is 2.17 bits per heavy atom. The third-order valence-corrected chi connectivity index (χ3v) is 4.17. The van der Waals surface area contributed by atoms with Crippen molar-refractivity contribution in [3.8, 4) is 0 Å².